The van der Waals surface area contributed by atoms with E-state index in [1.807, 2.05) is 13.0 Å². The van der Waals surface area contributed by atoms with Gasteiger partial charge in [-0.1, -0.05) is 13.5 Å². The Morgan fingerprint density at radius 2 is 2.30 bits per heavy atom. The van der Waals surface area contributed by atoms with Crippen molar-refractivity contribution in [2.75, 3.05) is 7.11 Å². The first kappa shape index (κ1) is 8.95. The third-order valence-corrected chi connectivity index (χ3v) is 1.08. The molecule has 0 N–H and O–H groups in total. The van der Waals surface area contributed by atoms with E-state index in [1.165, 1.54) is 0 Å². The van der Waals surface area contributed by atoms with Gasteiger partial charge in [0.2, 0.25) is 0 Å². The second kappa shape index (κ2) is 4.79. The van der Waals surface area contributed by atoms with E-state index in [0.29, 0.717) is 11.5 Å². The van der Waals surface area contributed by atoms with Gasteiger partial charge in [-0.05, 0) is 19.2 Å². The Bertz CT molecular complexity index is 159. The van der Waals surface area contributed by atoms with Gasteiger partial charge in [0.25, 0.3) is 0 Å². The van der Waals surface area contributed by atoms with E-state index in [9.17, 15) is 0 Å². The van der Waals surface area contributed by atoms with Gasteiger partial charge in [0, 0.05) is 0 Å². The first-order valence-corrected chi connectivity index (χ1v) is 3.16. The lowest BCUT2D eigenvalue weighted by molar-refractivity contribution is 0.299. The standard InChI is InChI=1S/C8H13NO/c1-5-6-8(10-4)7(2)9-3/h6H,2-3,5H2,1,4H3/b8-6+. The van der Waals surface area contributed by atoms with Crippen molar-refractivity contribution < 1.29 is 4.74 Å². The number of hydrogen-bond acceptors (Lipinski definition) is 2. The molecule has 0 aliphatic rings. The van der Waals surface area contributed by atoms with Gasteiger partial charge in [0.05, 0.1) is 12.8 Å². The zero-order valence-corrected chi connectivity index (χ0v) is 6.55. The summed E-state index contributed by atoms with van der Waals surface area (Å²) in [5.41, 5.74) is 0.587. The minimum Gasteiger partial charge on any atom is -0.495 e. The minimum absolute atomic E-state index is 0.587. The number of ether oxygens (including phenoxy) is 1. The van der Waals surface area contributed by atoms with E-state index in [2.05, 4.69) is 18.3 Å². The molecule has 0 radical (unpaired) electrons. The van der Waals surface area contributed by atoms with Crippen molar-refractivity contribution in [2.45, 2.75) is 13.3 Å². The van der Waals surface area contributed by atoms with Crippen molar-refractivity contribution in [1.29, 1.82) is 0 Å². The summed E-state index contributed by atoms with van der Waals surface area (Å²) in [4.78, 5) is 3.64. The normalized spacial score (nSPS) is 10.8. The molecule has 0 aromatic rings. The SMILES string of the molecule is C=NC(=C)/C(=C\CC)OC. The van der Waals surface area contributed by atoms with Gasteiger partial charge in [-0.25, -0.2) is 0 Å². The second-order valence-electron chi connectivity index (χ2n) is 1.79. The van der Waals surface area contributed by atoms with E-state index in [1.54, 1.807) is 7.11 Å². The molecule has 0 saturated carbocycles. The maximum absolute atomic E-state index is 4.97. The van der Waals surface area contributed by atoms with E-state index in [4.69, 9.17) is 4.74 Å². The molecule has 0 aromatic carbocycles. The predicted molar refractivity (Wildman–Crippen MR) is 44.1 cm³/mol. The molecule has 2 heteroatoms. The highest BCUT2D eigenvalue weighted by molar-refractivity contribution is 5.34. The van der Waals surface area contributed by atoms with Crippen LogP contribution in [0.15, 0.2) is 29.1 Å². The van der Waals surface area contributed by atoms with Crippen LogP contribution in [0.4, 0.5) is 0 Å². The fourth-order valence-corrected chi connectivity index (χ4v) is 0.582. The summed E-state index contributed by atoms with van der Waals surface area (Å²) < 4.78 is 4.97. The average molecular weight is 139 g/mol. The van der Waals surface area contributed by atoms with Gasteiger partial charge in [0.1, 0.15) is 5.76 Å². The van der Waals surface area contributed by atoms with Crippen molar-refractivity contribution in [3.63, 3.8) is 0 Å². The minimum atomic E-state index is 0.587. The largest absolute Gasteiger partial charge is 0.495 e. The van der Waals surface area contributed by atoms with Crippen LogP contribution in [-0.2, 0) is 4.74 Å². The van der Waals surface area contributed by atoms with Gasteiger partial charge in [0.15, 0.2) is 0 Å². The number of hydrogen-bond donors (Lipinski definition) is 0. The number of allylic oxidation sites excluding steroid dienone is 1. The number of nitrogens with zero attached hydrogens (tertiary/aromatic N) is 1. The Kier molecular flexibility index (Phi) is 4.29. The summed E-state index contributed by atoms with van der Waals surface area (Å²) >= 11 is 0. The van der Waals surface area contributed by atoms with Gasteiger partial charge in [-0.2, -0.15) is 0 Å². The molecule has 0 aliphatic heterocycles. The average Bonchev–Trinajstić information content (AvgIpc) is 1.99. The molecule has 56 valence electrons. The van der Waals surface area contributed by atoms with Gasteiger partial charge in [-0.3, -0.25) is 4.99 Å². The fraction of sp³-hybridized carbons (Fsp3) is 0.375. The first-order valence-electron chi connectivity index (χ1n) is 3.16. The molecule has 0 heterocycles. The van der Waals surface area contributed by atoms with Crippen molar-refractivity contribution in [3.8, 4) is 0 Å². The molecule has 0 aromatic heterocycles. The third kappa shape index (κ3) is 2.49. The van der Waals surface area contributed by atoms with Gasteiger partial charge >= 0.3 is 0 Å². The Morgan fingerprint density at radius 3 is 2.60 bits per heavy atom. The Labute approximate surface area is 61.9 Å². The highest BCUT2D eigenvalue weighted by Gasteiger charge is 1.96. The van der Waals surface area contributed by atoms with Crippen LogP contribution < -0.4 is 0 Å². The van der Waals surface area contributed by atoms with Crippen LogP contribution in [0.25, 0.3) is 0 Å². The quantitative estimate of drug-likeness (QED) is 0.332. The van der Waals surface area contributed by atoms with Crippen LogP contribution in [0.1, 0.15) is 13.3 Å². The molecule has 0 bridgehead atoms. The molecule has 0 aliphatic carbocycles. The highest BCUT2D eigenvalue weighted by Crippen LogP contribution is 2.09. The van der Waals surface area contributed by atoms with Crippen molar-refractivity contribution in [3.05, 3.63) is 24.1 Å². The fourth-order valence-electron chi connectivity index (χ4n) is 0.582. The third-order valence-electron chi connectivity index (χ3n) is 1.08. The van der Waals surface area contributed by atoms with Crippen molar-refractivity contribution in [1.82, 2.24) is 0 Å². The summed E-state index contributed by atoms with van der Waals surface area (Å²) in [5.74, 6) is 0.706. The van der Waals surface area contributed by atoms with Crippen LogP contribution in [-0.4, -0.2) is 13.8 Å². The number of methoxy groups -OCH3 is 1. The van der Waals surface area contributed by atoms with Crippen molar-refractivity contribution in [2.24, 2.45) is 4.99 Å². The maximum Gasteiger partial charge on any atom is 0.139 e. The maximum atomic E-state index is 4.97. The second-order valence-corrected chi connectivity index (χ2v) is 1.79. The molecule has 10 heavy (non-hydrogen) atoms. The molecule has 0 saturated heterocycles. The van der Waals surface area contributed by atoms with Crippen LogP contribution in [0.3, 0.4) is 0 Å². The summed E-state index contributed by atoms with van der Waals surface area (Å²) in [7, 11) is 1.60. The van der Waals surface area contributed by atoms with Crippen LogP contribution in [0, 0.1) is 0 Å². The summed E-state index contributed by atoms with van der Waals surface area (Å²) in [6.07, 6.45) is 2.83. The smallest absolute Gasteiger partial charge is 0.139 e. The molecular weight excluding hydrogens is 126 g/mol. The van der Waals surface area contributed by atoms with Crippen molar-refractivity contribution >= 4 is 6.72 Å². The first-order chi connectivity index (χ1) is 4.76. The Balaban J connectivity index is 4.19. The van der Waals surface area contributed by atoms with Crippen LogP contribution in [0.5, 0.6) is 0 Å². The predicted octanol–water partition coefficient (Wildman–Crippen LogP) is 2.14. The molecule has 0 spiro atoms. The molecule has 2 nitrogen and oxygen atoms in total. The van der Waals surface area contributed by atoms with Gasteiger partial charge < -0.3 is 4.74 Å². The monoisotopic (exact) mass is 139 g/mol. The van der Waals surface area contributed by atoms with E-state index < -0.39 is 0 Å². The van der Waals surface area contributed by atoms with Crippen LogP contribution >= 0.6 is 0 Å². The molecule has 0 unspecified atom stereocenters. The van der Waals surface area contributed by atoms with Crippen LogP contribution in [0.2, 0.25) is 0 Å². The lowest BCUT2D eigenvalue weighted by atomic mass is 10.3. The van der Waals surface area contributed by atoms with Gasteiger partial charge in [-0.15, -0.1) is 0 Å². The highest BCUT2D eigenvalue weighted by atomic mass is 16.5. The Hall–Kier alpha value is -1.05. The zero-order chi connectivity index (χ0) is 7.98. The number of rotatable bonds is 4. The molecule has 0 amide bonds. The number of aliphatic imine (C=N–C) groups is 1. The molecule has 0 rings (SSSR count). The van der Waals surface area contributed by atoms with E-state index in [-0.39, 0.29) is 0 Å². The summed E-state index contributed by atoms with van der Waals surface area (Å²) in [6, 6.07) is 0. The Morgan fingerprint density at radius 1 is 1.70 bits per heavy atom. The lowest BCUT2D eigenvalue weighted by Crippen LogP contribution is -1.87. The summed E-state index contributed by atoms with van der Waals surface area (Å²) in [5, 5.41) is 0. The molecule has 0 fully saturated rings. The molecular formula is C8H13NO. The topological polar surface area (TPSA) is 21.6 Å². The summed E-state index contributed by atoms with van der Waals surface area (Å²) in [6.45, 7) is 9.01. The van der Waals surface area contributed by atoms with E-state index in [0.717, 1.165) is 6.42 Å². The van der Waals surface area contributed by atoms with E-state index >= 15 is 0 Å². The lowest BCUT2D eigenvalue weighted by Gasteiger charge is -2.02. The zero-order valence-electron chi connectivity index (χ0n) is 6.55. The molecule has 0 atom stereocenters.